The van der Waals surface area contributed by atoms with Gasteiger partial charge in [0.1, 0.15) is 0 Å². The number of anilines is 1. The Labute approximate surface area is 178 Å². The molecule has 0 aliphatic heterocycles. The molecule has 162 valence electrons. The number of hydrogen-bond donors (Lipinski definition) is 3. The van der Waals surface area contributed by atoms with Gasteiger partial charge in [-0.2, -0.15) is 13.2 Å². The molecule has 4 N–H and O–H groups in total. The fourth-order valence-corrected chi connectivity index (χ4v) is 4.06. The number of thiazole rings is 1. The summed E-state index contributed by atoms with van der Waals surface area (Å²) in [6.07, 6.45) is -2.21. The molecule has 4 rings (SSSR count). The standard InChI is InChI=1S/C21H19F3N4O2S/c1-11(15(25)8-12-2-5-14(6-3-12)21(22,23)24)27-19-26-10-18(31-19)13-4-7-16-17(9-13)30-20(29)28-16/h2-7,9-11,15H,8,25H2,1H3,(H,26,27)(H,28,29)/t11-,15+/m0/s1. The van der Waals surface area contributed by atoms with Gasteiger partial charge in [-0.1, -0.05) is 29.5 Å². The first-order valence-corrected chi connectivity index (χ1v) is 10.3. The molecule has 0 aliphatic rings. The number of benzene rings is 2. The average molecular weight is 448 g/mol. The smallest absolute Gasteiger partial charge is 0.408 e. The van der Waals surface area contributed by atoms with Crippen molar-refractivity contribution in [1.29, 1.82) is 0 Å². The Bertz CT molecular complexity index is 1240. The molecule has 31 heavy (non-hydrogen) atoms. The monoisotopic (exact) mass is 448 g/mol. The Hall–Kier alpha value is -3.11. The minimum Gasteiger partial charge on any atom is -0.408 e. The van der Waals surface area contributed by atoms with Gasteiger partial charge in [-0.3, -0.25) is 4.98 Å². The zero-order valence-corrected chi connectivity index (χ0v) is 17.2. The maximum atomic E-state index is 12.7. The van der Waals surface area contributed by atoms with Gasteiger partial charge in [-0.15, -0.1) is 0 Å². The second-order valence-electron chi connectivity index (χ2n) is 7.25. The van der Waals surface area contributed by atoms with E-state index in [-0.39, 0.29) is 12.1 Å². The molecule has 6 nitrogen and oxygen atoms in total. The number of oxazole rings is 1. The molecule has 2 atom stereocenters. The number of fused-ring (bicyclic) bond motifs is 1. The van der Waals surface area contributed by atoms with Crippen molar-refractivity contribution in [3.05, 3.63) is 70.3 Å². The van der Waals surface area contributed by atoms with Crippen LogP contribution in [0.25, 0.3) is 21.5 Å². The third kappa shape index (κ3) is 4.80. The van der Waals surface area contributed by atoms with Gasteiger partial charge in [0.2, 0.25) is 0 Å². The number of alkyl halides is 3. The fourth-order valence-electron chi connectivity index (χ4n) is 3.15. The van der Waals surface area contributed by atoms with Gasteiger partial charge < -0.3 is 15.5 Å². The van der Waals surface area contributed by atoms with E-state index in [1.54, 1.807) is 18.3 Å². The Balaban J connectivity index is 1.40. The van der Waals surface area contributed by atoms with Crippen molar-refractivity contribution in [2.45, 2.75) is 31.6 Å². The third-order valence-corrected chi connectivity index (χ3v) is 5.93. The van der Waals surface area contributed by atoms with Gasteiger partial charge in [-0.25, -0.2) is 9.78 Å². The van der Waals surface area contributed by atoms with E-state index < -0.39 is 17.5 Å². The van der Waals surface area contributed by atoms with Gasteiger partial charge >= 0.3 is 11.9 Å². The van der Waals surface area contributed by atoms with Gasteiger partial charge in [-0.05, 0) is 48.7 Å². The quantitative estimate of drug-likeness (QED) is 0.400. The van der Waals surface area contributed by atoms with Crippen LogP contribution < -0.4 is 16.8 Å². The van der Waals surface area contributed by atoms with Crippen LogP contribution in [-0.2, 0) is 12.6 Å². The number of hydrogen-bond acceptors (Lipinski definition) is 6. The normalized spacial score (nSPS) is 14.0. The highest BCUT2D eigenvalue weighted by atomic mass is 32.1. The fraction of sp³-hybridized carbons (Fsp3) is 0.238. The summed E-state index contributed by atoms with van der Waals surface area (Å²) in [6, 6.07) is 9.95. The highest BCUT2D eigenvalue weighted by Gasteiger charge is 2.30. The Kier molecular flexibility index (Phi) is 5.59. The first-order chi connectivity index (χ1) is 14.7. The summed E-state index contributed by atoms with van der Waals surface area (Å²) in [5, 5.41) is 3.92. The van der Waals surface area contributed by atoms with Crippen molar-refractivity contribution in [3.8, 4) is 10.4 Å². The SMILES string of the molecule is C[C@H](Nc1ncc(-c2ccc3[nH]c(=O)oc3c2)s1)[C@H](N)Cc1ccc(C(F)(F)F)cc1. The first kappa shape index (κ1) is 21.1. The van der Waals surface area contributed by atoms with E-state index in [1.165, 1.54) is 23.5 Å². The molecule has 2 aromatic heterocycles. The number of aromatic amines is 1. The second kappa shape index (κ2) is 8.20. The van der Waals surface area contributed by atoms with Crippen molar-refractivity contribution >= 4 is 27.6 Å². The summed E-state index contributed by atoms with van der Waals surface area (Å²) in [5.41, 5.74) is 8.26. The molecule has 0 bridgehead atoms. The number of halogens is 3. The van der Waals surface area contributed by atoms with Crippen LogP contribution in [0, 0.1) is 0 Å². The number of rotatable bonds is 6. The minimum atomic E-state index is -4.35. The van der Waals surface area contributed by atoms with Crippen LogP contribution in [0.15, 0.2) is 57.9 Å². The summed E-state index contributed by atoms with van der Waals surface area (Å²) >= 11 is 1.43. The molecule has 0 radical (unpaired) electrons. The molecule has 2 heterocycles. The van der Waals surface area contributed by atoms with Gasteiger partial charge in [0.05, 0.1) is 16.0 Å². The zero-order chi connectivity index (χ0) is 22.2. The lowest BCUT2D eigenvalue weighted by Crippen LogP contribution is -2.39. The lowest BCUT2D eigenvalue weighted by molar-refractivity contribution is -0.137. The van der Waals surface area contributed by atoms with Crippen LogP contribution in [0.3, 0.4) is 0 Å². The van der Waals surface area contributed by atoms with Crippen molar-refractivity contribution in [2.75, 3.05) is 5.32 Å². The second-order valence-corrected chi connectivity index (χ2v) is 8.28. The predicted octanol–water partition coefficient (Wildman–Crippen LogP) is 4.63. The van der Waals surface area contributed by atoms with Crippen molar-refractivity contribution in [1.82, 2.24) is 9.97 Å². The summed E-state index contributed by atoms with van der Waals surface area (Å²) in [5.74, 6) is -0.505. The predicted molar refractivity (Wildman–Crippen MR) is 114 cm³/mol. The minimum absolute atomic E-state index is 0.161. The molecule has 0 spiro atoms. The molecule has 0 aliphatic carbocycles. The molecule has 0 saturated heterocycles. The maximum absolute atomic E-state index is 12.7. The number of nitrogens with two attached hydrogens (primary N) is 1. The van der Waals surface area contributed by atoms with Gasteiger partial charge in [0.15, 0.2) is 10.7 Å². The van der Waals surface area contributed by atoms with Crippen molar-refractivity contribution in [3.63, 3.8) is 0 Å². The summed E-state index contributed by atoms with van der Waals surface area (Å²) < 4.78 is 43.2. The van der Waals surface area contributed by atoms with Crippen LogP contribution in [0.5, 0.6) is 0 Å². The van der Waals surface area contributed by atoms with Crippen LogP contribution in [0.4, 0.5) is 18.3 Å². The van der Waals surface area contributed by atoms with E-state index in [4.69, 9.17) is 10.2 Å². The van der Waals surface area contributed by atoms with E-state index >= 15 is 0 Å². The van der Waals surface area contributed by atoms with Crippen LogP contribution in [0.2, 0.25) is 0 Å². The summed E-state index contributed by atoms with van der Waals surface area (Å²) in [4.78, 5) is 19.2. The number of H-pyrrole nitrogens is 1. The van der Waals surface area contributed by atoms with Gasteiger partial charge in [0.25, 0.3) is 0 Å². The molecule has 2 aromatic carbocycles. The molecule has 0 saturated carbocycles. The number of nitrogens with one attached hydrogen (secondary N) is 2. The van der Waals surface area contributed by atoms with Crippen LogP contribution >= 0.6 is 11.3 Å². The zero-order valence-electron chi connectivity index (χ0n) is 16.4. The molecule has 10 heteroatoms. The molecular weight excluding hydrogens is 429 g/mol. The van der Waals surface area contributed by atoms with E-state index in [0.717, 1.165) is 28.1 Å². The highest BCUT2D eigenvalue weighted by Crippen LogP contribution is 2.31. The Morgan fingerprint density at radius 2 is 1.97 bits per heavy atom. The Morgan fingerprint density at radius 3 is 2.68 bits per heavy atom. The average Bonchev–Trinajstić information content (AvgIpc) is 3.32. The molecule has 4 aromatic rings. The summed E-state index contributed by atoms with van der Waals surface area (Å²) in [6.45, 7) is 1.90. The largest absolute Gasteiger partial charge is 0.417 e. The molecular formula is C21H19F3N4O2S. The third-order valence-electron chi connectivity index (χ3n) is 4.96. The molecule has 0 unspecified atom stereocenters. The topological polar surface area (TPSA) is 96.9 Å². The Morgan fingerprint density at radius 1 is 1.23 bits per heavy atom. The van der Waals surface area contributed by atoms with E-state index in [9.17, 15) is 18.0 Å². The maximum Gasteiger partial charge on any atom is 0.417 e. The van der Waals surface area contributed by atoms with Crippen molar-refractivity contribution < 1.29 is 17.6 Å². The van der Waals surface area contributed by atoms with Gasteiger partial charge in [0, 0.05) is 18.3 Å². The molecule has 0 amide bonds. The highest BCUT2D eigenvalue weighted by molar-refractivity contribution is 7.18. The lowest BCUT2D eigenvalue weighted by Gasteiger charge is -2.21. The number of aromatic nitrogens is 2. The summed E-state index contributed by atoms with van der Waals surface area (Å²) in [7, 11) is 0. The van der Waals surface area contributed by atoms with E-state index in [1.807, 2.05) is 13.0 Å². The number of nitrogens with zero attached hydrogens (tertiary/aromatic N) is 1. The first-order valence-electron chi connectivity index (χ1n) is 9.46. The van der Waals surface area contributed by atoms with Crippen molar-refractivity contribution in [2.24, 2.45) is 5.73 Å². The van der Waals surface area contributed by atoms with E-state index in [2.05, 4.69) is 15.3 Å². The lowest BCUT2D eigenvalue weighted by atomic mass is 10.0. The van der Waals surface area contributed by atoms with Crippen LogP contribution in [-0.4, -0.2) is 22.1 Å². The van der Waals surface area contributed by atoms with E-state index in [0.29, 0.717) is 22.7 Å². The molecule has 0 fully saturated rings. The van der Waals surface area contributed by atoms with Crippen LogP contribution in [0.1, 0.15) is 18.1 Å².